The molecule has 1 saturated heterocycles. The Kier molecular flexibility index (Phi) is 6.98. The van der Waals surface area contributed by atoms with E-state index in [-0.39, 0.29) is 5.25 Å². The first-order valence-electron chi connectivity index (χ1n) is 12.9. The van der Waals surface area contributed by atoms with Crippen LogP contribution in [0.5, 0.6) is 0 Å². The number of nitrogens with zero attached hydrogens (tertiary/aromatic N) is 1. The number of nitrogens with one attached hydrogen (secondary N) is 2. The number of aryl methyl sites for hydroxylation is 2. The highest BCUT2D eigenvalue weighted by Gasteiger charge is 2.38. The fourth-order valence-electron chi connectivity index (χ4n) is 6.29. The number of hydrogen-bond donors (Lipinski definition) is 2. The fraction of sp³-hybridized carbons (Fsp3) is 0.640. The molecule has 1 atom stereocenters. The van der Waals surface area contributed by atoms with Gasteiger partial charge >= 0.3 is 6.03 Å². The molecular formula is C25H35N3O5S2. The first-order chi connectivity index (χ1) is 16.7. The number of anilines is 1. The predicted octanol–water partition coefficient (Wildman–Crippen LogP) is 3.76. The van der Waals surface area contributed by atoms with Gasteiger partial charge in [-0.3, -0.25) is 0 Å². The second-order valence-electron chi connectivity index (χ2n) is 10.3. The monoisotopic (exact) mass is 521 g/mol. The minimum atomic E-state index is -4.07. The number of benzene rings is 1. The summed E-state index contributed by atoms with van der Waals surface area (Å²) in [6.07, 6.45) is 12.7. The summed E-state index contributed by atoms with van der Waals surface area (Å²) in [5, 5.41) is 3.41. The summed E-state index contributed by atoms with van der Waals surface area (Å²) < 4.78 is 55.2. The molecular weight excluding hydrogens is 486 g/mol. The molecule has 8 nitrogen and oxygen atoms in total. The van der Waals surface area contributed by atoms with Crippen LogP contribution in [0, 0.1) is 0 Å². The SMILES string of the molecule is O=C(Nc1c2c(cc3c1CCC3)CCC2)NS(=O)(=O)/C=C/[C@H]1CCCN1S(=O)(=O)C1CCCCC1. The van der Waals surface area contributed by atoms with Gasteiger partial charge in [-0.2, -0.15) is 4.31 Å². The Labute approximate surface area is 208 Å². The number of sulfonamides is 2. The number of carbonyl (C=O) groups excluding carboxylic acids is 1. The van der Waals surface area contributed by atoms with Crippen molar-refractivity contribution in [3.05, 3.63) is 39.8 Å². The van der Waals surface area contributed by atoms with Crippen molar-refractivity contribution in [2.45, 2.75) is 94.8 Å². The first kappa shape index (κ1) is 24.8. The average molecular weight is 522 g/mol. The van der Waals surface area contributed by atoms with Gasteiger partial charge in [-0.25, -0.2) is 26.4 Å². The Hall–Kier alpha value is -1.91. The van der Waals surface area contributed by atoms with Gasteiger partial charge in [-0.15, -0.1) is 0 Å². The minimum absolute atomic E-state index is 0.375. The van der Waals surface area contributed by atoms with E-state index in [0.29, 0.717) is 32.2 Å². The van der Waals surface area contributed by atoms with E-state index in [9.17, 15) is 21.6 Å². The molecule has 1 aliphatic heterocycles. The number of amides is 2. The molecule has 192 valence electrons. The van der Waals surface area contributed by atoms with Crippen LogP contribution in [0.4, 0.5) is 10.5 Å². The molecule has 0 aromatic heterocycles. The Bertz CT molecular complexity index is 1200. The number of hydrogen-bond acceptors (Lipinski definition) is 5. The maximum Gasteiger partial charge on any atom is 0.333 e. The smallest absolute Gasteiger partial charge is 0.307 e. The number of urea groups is 1. The number of carbonyl (C=O) groups is 1. The van der Waals surface area contributed by atoms with E-state index in [1.54, 1.807) is 0 Å². The van der Waals surface area contributed by atoms with Gasteiger partial charge in [0.2, 0.25) is 10.0 Å². The van der Waals surface area contributed by atoms with Crippen molar-refractivity contribution >= 4 is 31.8 Å². The van der Waals surface area contributed by atoms with E-state index in [4.69, 9.17) is 0 Å². The molecule has 1 saturated carbocycles. The average Bonchev–Trinajstić information content (AvgIpc) is 3.58. The number of fused-ring (bicyclic) bond motifs is 2. The minimum Gasteiger partial charge on any atom is -0.307 e. The van der Waals surface area contributed by atoms with Gasteiger partial charge in [0.05, 0.1) is 5.25 Å². The van der Waals surface area contributed by atoms with Crippen molar-refractivity contribution in [1.29, 1.82) is 0 Å². The Morgan fingerprint density at radius 2 is 1.51 bits per heavy atom. The summed E-state index contributed by atoms with van der Waals surface area (Å²) in [4.78, 5) is 12.7. The highest BCUT2D eigenvalue weighted by Crippen LogP contribution is 2.38. The van der Waals surface area contributed by atoms with Crippen molar-refractivity contribution < 1.29 is 21.6 Å². The quantitative estimate of drug-likeness (QED) is 0.592. The third-order valence-corrected chi connectivity index (χ3v) is 11.4. The van der Waals surface area contributed by atoms with E-state index < -0.39 is 32.1 Å². The van der Waals surface area contributed by atoms with E-state index >= 15 is 0 Å². The molecule has 1 aromatic rings. The Morgan fingerprint density at radius 3 is 2.17 bits per heavy atom. The zero-order valence-corrected chi connectivity index (χ0v) is 21.7. The lowest BCUT2D eigenvalue weighted by molar-refractivity contribution is 0.256. The lowest BCUT2D eigenvalue weighted by Crippen LogP contribution is -2.42. The lowest BCUT2D eigenvalue weighted by atomic mass is 9.99. The zero-order chi connectivity index (χ0) is 24.6. The second-order valence-corrected chi connectivity index (χ2v) is 14.0. The van der Waals surface area contributed by atoms with Crippen molar-refractivity contribution in [3.63, 3.8) is 0 Å². The van der Waals surface area contributed by atoms with Crippen molar-refractivity contribution in [2.75, 3.05) is 11.9 Å². The maximum atomic E-state index is 13.2. The van der Waals surface area contributed by atoms with Crippen molar-refractivity contribution in [1.82, 2.24) is 9.03 Å². The molecule has 1 heterocycles. The van der Waals surface area contributed by atoms with Crippen molar-refractivity contribution in [3.8, 4) is 0 Å². The summed E-state index contributed by atoms with van der Waals surface area (Å²) in [7, 11) is -7.54. The van der Waals surface area contributed by atoms with E-state index in [2.05, 4.69) is 16.1 Å². The van der Waals surface area contributed by atoms with Gasteiger partial charge in [0.1, 0.15) is 0 Å². The zero-order valence-electron chi connectivity index (χ0n) is 20.1. The summed E-state index contributed by atoms with van der Waals surface area (Å²) in [6, 6.07) is 0.978. The molecule has 0 radical (unpaired) electrons. The van der Waals surface area contributed by atoms with Crippen LogP contribution in [-0.2, 0) is 45.7 Å². The molecule has 4 aliphatic rings. The van der Waals surface area contributed by atoms with Crippen LogP contribution >= 0.6 is 0 Å². The predicted molar refractivity (Wildman–Crippen MR) is 136 cm³/mol. The van der Waals surface area contributed by atoms with Crippen LogP contribution in [0.2, 0.25) is 0 Å². The highest BCUT2D eigenvalue weighted by atomic mass is 32.2. The van der Waals surface area contributed by atoms with Crippen LogP contribution in [-0.4, -0.2) is 45.0 Å². The lowest BCUT2D eigenvalue weighted by Gasteiger charge is -2.29. The molecule has 3 aliphatic carbocycles. The Balaban J connectivity index is 1.26. The van der Waals surface area contributed by atoms with Gasteiger partial charge < -0.3 is 5.32 Å². The molecule has 35 heavy (non-hydrogen) atoms. The van der Waals surface area contributed by atoms with Crippen molar-refractivity contribution in [2.24, 2.45) is 0 Å². The number of rotatable bonds is 6. The third-order valence-electron chi connectivity index (χ3n) is 7.97. The van der Waals surface area contributed by atoms with Gasteiger partial charge in [0.15, 0.2) is 0 Å². The van der Waals surface area contributed by atoms with Crippen LogP contribution in [0.15, 0.2) is 17.6 Å². The summed E-state index contributed by atoms with van der Waals surface area (Å²) in [5.41, 5.74) is 5.55. The Morgan fingerprint density at radius 1 is 0.857 bits per heavy atom. The van der Waals surface area contributed by atoms with Gasteiger partial charge in [0, 0.05) is 23.7 Å². The molecule has 0 spiro atoms. The molecule has 2 amide bonds. The maximum absolute atomic E-state index is 13.2. The van der Waals surface area contributed by atoms with Crippen LogP contribution < -0.4 is 10.0 Å². The van der Waals surface area contributed by atoms with Crippen LogP contribution in [0.25, 0.3) is 0 Å². The van der Waals surface area contributed by atoms with E-state index in [1.807, 2.05) is 0 Å². The summed E-state index contributed by atoms with van der Waals surface area (Å²) in [6.45, 7) is 0.409. The normalized spacial score (nSPS) is 23.5. The highest BCUT2D eigenvalue weighted by molar-refractivity contribution is 7.93. The van der Waals surface area contributed by atoms with Gasteiger partial charge in [-0.1, -0.05) is 31.4 Å². The largest absolute Gasteiger partial charge is 0.333 e. The van der Waals surface area contributed by atoms with E-state index in [0.717, 1.165) is 80.0 Å². The second kappa shape index (κ2) is 9.86. The molecule has 10 heteroatoms. The molecule has 0 bridgehead atoms. The van der Waals surface area contributed by atoms with Gasteiger partial charge in [0.25, 0.3) is 10.0 Å². The standard InChI is InChI=1S/C25H35N3O5S2/c29-25(26-24-22-12-4-7-18(22)17-19-8-5-13-23(19)24)27-34(30,31)16-14-20-9-6-15-28(20)35(32,33)21-10-2-1-3-11-21/h14,16-17,20-21H,1-13,15H2,(H2,26,27,29)/b16-14+/t20-/m1/s1. The van der Waals surface area contributed by atoms with Gasteiger partial charge in [-0.05, 0) is 86.5 Å². The first-order valence-corrected chi connectivity index (χ1v) is 16.0. The van der Waals surface area contributed by atoms with Crippen LogP contribution in [0.1, 0.15) is 80.0 Å². The summed E-state index contributed by atoms with van der Waals surface area (Å²) >= 11 is 0. The summed E-state index contributed by atoms with van der Waals surface area (Å²) in [5.74, 6) is 0. The topological polar surface area (TPSA) is 113 Å². The third kappa shape index (κ3) is 5.15. The fourth-order valence-corrected chi connectivity index (χ4v) is 9.31. The van der Waals surface area contributed by atoms with Crippen LogP contribution in [0.3, 0.4) is 0 Å². The van der Waals surface area contributed by atoms with E-state index in [1.165, 1.54) is 21.5 Å². The molecule has 1 aromatic carbocycles. The molecule has 5 rings (SSSR count). The molecule has 0 unspecified atom stereocenters. The molecule has 2 N–H and O–H groups in total. The molecule has 2 fully saturated rings.